The molecule has 0 spiro atoms. The Bertz CT molecular complexity index is 1140. The van der Waals surface area contributed by atoms with Gasteiger partial charge < -0.3 is 24.4 Å². The Morgan fingerprint density at radius 1 is 1.02 bits per heavy atom. The van der Waals surface area contributed by atoms with Gasteiger partial charge in [-0.05, 0) is 36.0 Å². The van der Waals surface area contributed by atoms with Crippen molar-refractivity contribution in [1.82, 2.24) is 4.90 Å². The molecule has 2 aromatic rings. The molecule has 2 aliphatic rings. The maximum atomic E-state index is 13.2. The van der Waals surface area contributed by atoms with Gasteiger partial charge in [-0.1, -0.05) is 73.7 Å². The maximum absolute atomic E-state index is 13.2. The van der Waals surface area contributed by atoms with Crippen molar-refractivity contribution in [3.63, 3.8) is 0 Å². The number of aliphatic hydroxyl groups is 2. The number of unbranched alkanes of at least 4 members (excludes halogenated alkanes) is 1. The van der Waals surface area contributed by atoms with Crippen LogP contribution in [0.2, 0.25) is 0 Å². The Balaban J connectivity index is 1.30. The number of Topliss-reactive ketones (excluding diaryl/α,β-unsaturated/α-hetero) is 1. The lowest BCUT2D eigenvalue weighted by molar-refractivity contribution is -0.149. The summed E-state index contributed by atoms with van der Waals surface area (Å²) in [5, 5.41) is 18.7. The first kappa shape index (κ1) is 32.0. The van der Waals surface area contributed by atoms with Crippen LogP contribution in [0.5, 0.6) is 0 Å². The number of morpholine rings is 1. The van der Waals surface area contributed by atoms with Crippen LogP contribution in [0.15, 0.2) is 66.7 Å². The van der Waals surface area contributed by atoms with Crippen molar-refractivity contribution >= 4 is 11.8 Å². The van der Waals surface area contributed by atoms with Gasteiger partial charge >= 0.3 is 5.97 Å². The van der Waals surface area contributed by atoms with E-state index in [1.54, 1.807) is 6.92 Å². The fourth-order valence-electron chi connectivity index (χ4n) is 5.54. The van der Waals surface area contributed by atoms with Gasteiger partial charge in [0, 0.05) is 37.3 Å². The summed E-state index contributed by atoms with van der Waals surface area (Å²) in [6.45, 7) is 4.38. The summed E-state index contributed by atoms with van der Waals surface area (Å²) in [4.78, 5) is 27.5. The number of rotatable bonds is 15. The average Bonchev–Trinajstić information content (AvgIpc) is 3.35. The van der Waals surface area contributed by atoms with Gasteiger partial charge in [0.05, 0.1) is 45.2 Å². The smallest absolute Gasteiger partial charge is 0.305 e. The van der Waals surface area contributed by atoms with Crippen LogP contribution in [0.3, 0.4) is 0 Å². The minimum Gasteiger partial charge on any atom is -0.465 e. The van der Waals surface area contributed by atoms with Gasteiger partial charge in [0.15, 0.2) is 5.78 Å². The second-order valence-electron chi connectivity index (χ2n) is 11.7. The molecule has 1 saturated heterocycles. The second kappa shape index (κ2) is 16.1. The summed E-state index contributed by atoms with van der Waals surface area (Å²) in [6.07, 6.45) is 6.78. The number of nitrogens with zero attached hydrogens (tertiary/aromatic N) is 1. The molecule has 2 fully saturated rings. The molecule has 1 aliphatic heterocycles. The van der Waals surface area contributed by atoms with Crippen molar-refractivity contribution < 1.29 is 34.0 Å². The minimum absolute atomic E-state index is 0.00807. The lowest BCUT2D eigenvalue weighted by atomic mass is 9.94. The summed E-state index contributed by atoms with van der Waals surface area (Å²) >= 11 is 0. The first-order chi connectivity index (χ1) is 20.4. The molecule has 42 heavy (non-hydrogen) atoms. The van der Waals surface area contributed by atoms with Crippen LogP contribution in [-0.4, -0.2) is 85.1 Å². The quantitative estimate of drug-likeness (QED) is 0.184. The highest BCUT2D eigenvalue weighted by atomic mass is 16.5. The number of carbonyl (C=O) groups excluding carboxylic acids is 2. The Hall–Kier alpha value is -2.88. The van der Waals surface area contributed by atoms with E-state index in [4.69, 9.17) is 14.2 Å². The minimum atomic E-state index is -0.824. The van der Waals surface area contributed by atoms with E-state index in [0.29, 0.717) is 39.1 Å². The topological polar surface area (TPSA) is 106 Å². The zero-order valence-corrected chi connectivity index (χ0v) is 24.7. The summed E-state index contributed by atoms with van der Waals surface area (Å²) < 4.78 is 17.2. The molecule has 3 unspecified atom stereocenters. The van der Waals surface area contributed by atoms with Crippen molar-refractivity contribution in [3.8, 4) is 11.1 Å². The molecule has 1 saturated carbocycles. The van der Waals surface area contributed by atoms with E-state index in [-0.39, 0.29) is 56.1 Å². The maximum Gasteiger partial charge on any atom is 0.305 e. The monoisotopic (exact) mass is 579 g/mol. The third-order valence-corrected chi connectivity index (χ3v) is 8.25. The number of allylic oxidation sites excluding steroid dienone is 2. The predicted molar refractivity (Wildman–Crippen MR) is 161 cm³/mol. The lowest BCUT2D eigenvalue weighted by Gasteiger charge is -2.35. The standard InChI is InChI=1S/C34H45NO7/c1-34(23-36,24-37)25-42-32(39)12-8-3-2-7-11-29-31(21-30(38)33(29)35-17-19-40-20-18-35)41-22-26-13-15-28(16-14-26)27-9-5-4-6-10-27/h2,4-7,9-10,13-16,29,31,33,36-37H,3,8,11-12,17-25H2,1H3/b7-2-. The van der Waals surface area contributed by atoms with Gasteiger partial charge in [0.2, 0.25) is 0 Å². The van der Waals surface area contributed by atoms with Gasteiger partial charge in [-0.15, -0.1) is 0 Å². The van der Waals surface area contributed by atoms with E-state index in [0.717, 1.165) is 30.6 Å². The molecule has 3 atom stereocenters. The van der Waals surface area contributed by atoms with Gasteiger partial charge in [0.25, 0.3) is 0 Å². The van der Waals surface area contributed by atoms with Gasteiger partial charge in [-0.2, -0.15) is 0 Å². The van der Waals surface area contributed by atoms with E-state index in [1.807, 2.05) is 18.2 Å². The average molecular weight is 580 g/mol. The third-order valence-electron chi connectivity index (χ3n) is 8.25. The SMILES string of the molecule is CC(CO)(CO)COC(=O)CCC/C=C\CC1C(OCc2ccc(-c3ccccc3)cc2)CC(=O)C1N1CCOCC1. The molecule has 8 nitrogen and oxygen atoms in total. The van der Waals surface area contributed by atoms with E-state index in [1.165, 1.54) is 5.56 Å². The molecule has 1 aliphatic carbocycles. The van der Waals surface area contributed by atoms with Gasteiger partial charge in [0.1, 0.15) is 6.61 Å². The van der Waals surface area contributed by atoms with E-state index in [2.05, 4.69) is 53.5 Å². The van der Waals surface area contributed by atoms with Crippen LogP contribution in [0, 0.1) is 11.3 Å². The second-order valence-corrected chi connectivity index (χ2v) is 11.7. The number of benzene rings is 2. The molecule has 0 bridgehead atoms. The summed E-state index contributed by atoms with van der Waals surface area (Å²) in [5.41, 5.74) is 2.59. The number of carbonyl (C=O) groups is 2. The van der Waals surface area contributed by atoms with E-state index < -0.39 is 5.41 Å². The van der Waals surface area contributed by atoms with Crippen LogP contribution in [-0.2, 0) is 30.4 Å². The number of hydrogen-bond donors (Lipinski definition) is 2. The van der Waals surface area contributed by atoms with Crippen molar-refractivity contribution in [1.29, 1.82) is 0 Å². The van der Waals surface area contributed by atoms with Crippen molar-refractivity contribution in [2.45, 2.75) is 57.8 Å². The van der Waals surface area contributed by atoms with Gasteiger partial charge in [-0.25, -0.2) is 0 Å². The summed E-state index contributed by atoms with van der Waals surface area (Å²) in [5.74, 6) is -0.0501. The molecule has 8 heteroatoms. The molecular weight excluding hydrogens is 534 g/mol. The Kier molecular flexibility index (Phi) is 12.3. The molecule has 0 aromatic heterocycles. The fraction of sp³-hybridized carbons (Fsp3) is 0.529. The highest BCUT2D eigenvalue weighted by Crippen LogP contribution is 2.34. The largest absolute Gasteiger partial charge is 0.465 e. The lowest BCUT2D eigenvalue weighted by Crippen LogP contribution is -2.49. The van der Waals surface area contributed by atoms with Crippen molar-refractivity contribution in [2.24, 2.45) is 11.3 Å². The van der Waals surface area contributed by atoms with Crippen LogP contribution in [0.1, 0.15) is 44.6 Å². The molecule has 0 radical (unpaired) electrons. The number of aliphatic hydroxyl groups excluding tert-OH is 2. The van der Waals surface area contributed by atoms with Crippen molar-refractivity contribution in [3.05, 3.63) is 72.3 Å². The Morgan fingerprint density at radius 3 is 2.40 bits per heavy atom. The predicted octanol–water partition coefficient (Wildman–Crippen LogP) is 4.18. The first-order valence-electron chi connectivity index (χ1n) is 15.1. The highest BCUT2D eigenvalue weighted by Gasteiger charge is 2.45. The first-order valence-corrected chi connectivity index (χ1v) is 15.1. The molecular formula is C34H45NO7. The number of ether oxygens (including phenoxy) is 3. The Labute approximate surface area is 249 Å². The normalized spacial score (nSPS) is 21.7. The number of ketones is 1. The van der Waals surface area contributed by atoms with Crippen LogP contribution in [0.4, 0.5) is 0 Å². The van der Waals surface area contributed by atoms with Crippen LogP contribution in [0.25, 0.3) is 11.1 Å². The molecule has 228 valence electrons. The van der Waals surface area contributed by atoms with Crippen molar-refractivity contribution in [2.75, 3.05) is 46.1 Å². The molecule has 4 rings (SSSR count). The molecule has 0 amide bonds. The van der Waals surface area contributed by atoms with Gasteiger partial charge in [-0.3, -0.25) is 14.5 Å². The third kappa shape index (κ3) is 9.06. The number of esters is 1. The highest BCUT2D eigenvalue weighted by molar-refractivity contribution is 5.87. The fourth-order valence-corrected chi connectivity index (χ4v) is 5.54. The van der Waals surface area contributed by atoms with Crippen LogP contribution >= 0.6 is 0 Å². The zero-order chi connectivity index (χ0) is 29.8. The molecule has 2 N–H and O–H groups in total. The zero-order valence-electron chi connectivity index (χ0n) is 24.7. The Morgan fingerprint density at radius 2 is 1.71 bits per heavy atom. The molecule has 1 heterocycles. The summed E-state index contributed by atoms with van der Waals surface area (Å²) in [7, 11) is 0. The van der Waals surface area contributed by atoms with E-state index in [9.17, 15) is 19.8 Å². The molecule has 2 aromatic carbocycles. The van der Waals surface area contributed by atoms with E-state index >= 15 is 0 Å². The summed E-state index contributed by atoms with van der Waals surface area (Å²) in [6, 6.07) is 18.5. The number of hydrogen-bond acceptors (Lipinski definition) is 8. The van der Waals surface area contributed by atoms with Crippen LogP contribution < -0.4 is 0 Å².